The van der Waals surface area contributed by atoms with E-state index in [0.29, 0.717) is 18.9 Å². The molecule has 0 heterocycles. The van der Waals surface area contributed by atoms with Crippen molar-refractivity contribution in [2.45, 2.75) is 33.2 Å². The van der Waals surface area contributed by atoms with Gasteiger partial charge in [0.15, 0.2) is 5.78 Å². The van der Waals surface area contributed by atoms with Crippen LogP contribution in [0, 0.1) is 5.92 Å². The molecule has 0 spiro atoms. The molecule has 1 atom stereocenters. The Morgan fingerprint density at radius 1 is 1.40 bits per heavy atom. The molecule has 0 aromatic carbocycles. The highest BCUT2D eigenvalue weighted by Crippen LogP contribution is 2.07. The minimum absolute atomic E-state index is 0.0308. The predicted octanol–water partition coefficient (Wildman–Crippen LogP) is 2.11. The van der Waals surface area contributed by atoms with Crippen LogP contribution in [0.4, 0.5) is 4.79 Å². The lowest BCUT2D eigenvalue weighted by molar-refractivity contribution is -0.118. The van der Waals surface area contributed by atoms with E-state index in [1.807, 2.05) is 13.8 Å². The number of alkyl carbamates (subject to hydrolysis) is 1. The van der Waals surface area contributed by atoms with Crippen molar-refractivity contribution >= 4 is 27.8 Å². The van der Waals surface area contributed by atoms with Gasteiger partial charge in [-0.05, 0) is 19.3 Å². The summed E-state index contributed by atoms with van der Waals surface area (Å²) in [6.45, 7) is 6.04. The van der Waals surface area contributed by atoms with Crippen LogP contribution in [0.25, 0.3) is 0 Å². The maximum absolute atomic E-state index is 11.5. The molecule has 15 heavy (non-hydrogen) atoms. The first kappa shape index (κ1) is 14.4. The average Bonchev–Trinajstić information content (AvgIpc) is 2.15. The summed E-state index contributed by atoms with van der Waals surface area (Å²) < 4.78 is 4.73. The molecule has 1 amide bonds. The fraction of sp³-hybridized carbons (Fsp3) is 0.800. The molecule has 0 fully saturated rings. The average molecular weight is 280 g/mol. The highest BCUT2D eigenvalue weighted by molar-refractivity contribution is 9.09. The van der Waals surface area contributed by atoms with E-state index >= 15 is 0 Å². The summed E-state index contributed by atoms with van der Waals surface area (Å²) >= 11 is 3.09. The monoisotopic (exact) mass is 279 g/mol. The number of carbonyl (C=O) groups excluding carboxylic acids is 2. The molecule has 0 aromatic heterocycles. The molecule has 0 bridgehead atoms. The van der Waals surface area contributed by atoms with Crippen molar-refractivity contribution in [1.82, 2.24) is 5.32 Å². The normalized spacial score (nSPS) is 12.3. The minimum Gasteiger partial charge on any atom is -0.450 e. The van der Waals surface area contributed by atoms with Gasteiger partial charge in [-0.2, -0.15) is 0 Å². The number of hydrogen-bond donors (Lipinski definition) is 1. The molecule has 4 nitrogen and oxygen atoms in total. The summed E-state index contributed by atoms with van der Waals surface area (Å²) in [5.41, 5.74) is 0. The molecule has 0 radical (unpaired) electrons. The predicted molar refractivity (Wildman–Crippen MR) is 62.2 cm³/mol. The number of Topliss-reactive ketones (excluding diaryl/α,β-unsaturated/α-hetero) is 1. The summed E-state index contributed by atoms with van der Waals surface area (Å²) in [5.74, 6) is 0.316. The largest absolute Gasteiger partial charge is 0.450 e. The molecular formula is C10H18BrNO3. The van der Waals surface area contributed by atoms with Gasteiger partial charge in [-0.3, -0.25) is 4.79 Å². The van der Waals surface area contributed by atoms with Gasteiger partial charge in [0.2, 0.25) is 0 Å². The first-order chi connectivity index (χ1) is 7.01. The molecule has 0 saturated carbocycles. The van der Waals surface area contributed by atoms with Crippen LogP contribution in [0.1, 0.15) is 27.2 Å². The number of carbonyl (C=O) groups is 2. The van der Waals surface area contributed by atoms with Crippen LogP contribution in [0.15, 0.2) is 0 Å². The molecule has 0 aromatic rings. The number of halogens is 1. The van der Waals surface area contributed by atoms with Crippen molar-refractivity contribution in [3.05, 3.63) is 0 Å². The lowest BCUT2D eigenvalue weighted by Crippen LogP contribution is -2.42. The molecule has 0 aliphatic carbocycles. The second-order valence-corrected chi connectivity index (χ2v) is 4.21. The van der Waals surface area contributed by atoms with Gasteiger partial charge in [-0.1, -0.05) is 29.8 Å². The third-order valence-corrected chi connectivity index (χ3v) is 2.35. The maximum Gasteiger partial charge on any atom is 0.407 e. The van der Waals surface area contributed by atoms with E-state index in [-0.39, 0.29) is 11.1 Å². The van der Waals surface area contributed by atoms with Crippen LogP contribution in [0.3, 0.4) is 0 Å². The van der Waals surface area contributed by atoms with Gasteiger partial charge >= 0.3 is 6.09 Å². The van der Waals surface area contributed by atoms with E-state index in [4.69, 9.17) is 4.74 Å². The number of ether oxygens (including phenoxy) is 1. The second-order valence-electron chi connectivity index (χ2n) is 3.65. The molecule has 0 saturated heterocycles. The SMILES string of the molecule is CCOC(=O)NC(CC(C)C)C(=O)CBr. The van der Waals surface area contributed by atoms with E-state index in [0.717, 1.165) is 0 Å². The fourth-order valence-corrected chi connectivity index (χ4v) is 1.54. The van der Waals surface area contributed by atoms with Crippen molar-refractivity contribution < 1.29 is 14.3 Å². The van der Waals surface area contributed by atoms with Gasteiger partial charge in [0.1, 0.15) is 0 Å². The van der Waals surface area contributed by atoms with E-state index < -0.39 is 12.1 Å². The topological polar surface area (TPSA) is 55.4 Å². The quantitative estimate of drug-likeness (QED) is 0.758. The zero-order valence-corrected chi connectivity index (χ0v) is 11.0. The van der Waals surface area contributed by atoms with Crippen molar-refractivity contribution in [2.75, 3.05) is 11.9 Å². The Hall–Kier alpha value is -0.580. The minimum atomic E-state index is -0.530. The van der Waals surface area contributed by atoms with Crippen LogP contribution in [-0.2, 0) is 9.53 Å². The van der Waals surface area contributed by atoms with E-state index in [1.165, 1.54) is 0 Å². The van der Waals surface area contributed by atoms with E-state index in [9.17, 15) is 9.59 Å². The van der Waals surface area contributed by atoms with Gasteiger partial charge < -0.3 is 10.1 Å². The molecule has 1 unspecified atom stereocenters. The van der Waals surface area contributed by atoms with Crippen molar-refractivity contribution in [2.24, 2.45) is 5.92 Å². The van der Waals surface area contributed by atoms with Gasteiger partial charge in [0, 0.05) is 0 Å². The molecule has 0 aliphatic heterocycles. The standard InChI is InChI=1S/C10H18BrNO3/c1-4-15-10(14)12-8(5-7(2)3)9(13)6-11/h7-8H,4-6H2,1-3H3,(H,12,14). The Balaban J connectivity index is 4.24. The van der Waals surface area contributed by atoms with Crippen molar-refractivity contribution in [3.63, 3.8) is 0 Å². The second kappa shape index (κ2) is 7.68. The zero-order chi connectivity index (χ0) is 11.8. The van der Waals surface area contributed by atoms with Gasteiger partial charge in [0.05, 0.1) is 18.0 Å². The first-order valence-corrected chi connectivity index (χ1v) is 6.15. The number of ketones is 1. The van der Waals surface area contributed by atoms with Gasteiger partial charge in [-0.25, -0.2) is 4.79 Å². The zero-order valence-electron chi connectivity index (χ0n) is 9.38. The van der Waals surface area contributed by atoms with Crippen LogP contribution < -0.4 is 5.32 Å². The van der Waals surface area contributed by atoms with Gasteiger partial charge in [0.25, 0.3) is 0 Å². The number of amides is 1. The fourth-order valence-electron chi connectivity index (χ4n) is 1.15. The van der Waals surface area contributed by atoms with E-state index in [1.54, 1.807) is 6.92 Å². The van der Waals surface area contributed by atoms with E-state index in [2.05, 4.69) is 21.2 Å². The maximum atomic E-state index is 11.5. The third-order valence-electron chi connectivity index (χ3n) is 1.79. The Bertz CT molecular complexity index is 219. The molecule has 0 rings (SSSR count). The smallest absolute Gasteiger partial charge is 0.407 e. The van der Waals surface area contributed by atoms with Crippen LogP contribution in [0.5, 0.6) is 0 Å². The Morgan fingerprint density at radius 3 is 2.40 bits per heavy atom. The number of alkyl halides is 1. The molecule has 0 aliphatic rings. The third kappa shape index (κ3) is 6.49. The molecule has 1 N–H and O–H groups in total. The first-order valence-electron chi connectivity index (χ1n) is 5.03. The highest BCUT2D eigenvalue weighted by Gasteiger charge is 2.21. The lowest BCUT2D eigenvalue weighted by Gasteiger charge is -2.18. The van der Waals surface area contributed by atoms with Crippen LogP contribution in [0.2, 0.25) is 0 Å². The molecule has 88 valence electrons. The Kier molecular flexibility index (Phi) is 7.38. The number of hydrogen-bond acceptors (Lipinski definition) is 3. The number of rotatable bonds is 6. The molecular weight excluding hydrogens is 262 g/mol. The van der Waals surface area contributed by atoms with Gasteiger partial charge in [-0.15, -0.1) is 0 Å². The summed E-state index contributed by atoms with van der Waals surface area (Å²) in [6, 6.07) is -0.455. The van der Waals surface area contributed by atoms with Crippen molar-refractivity contribution in [1.29, 1.82) is 0 Å². The van der Waals surface area contributed by atoms with Crippen LogP contribution in [-0.4, -0.2) is 29.9 Å². The summed E-state index contributed by atoms with van der Waals surface area (Å²) in [4.78, 5) is 22.6. The number of nitrogens with one attached hydrogen (secondary N) is 1. The summed E-state index contributed by atoms with van der Waals surface area (Å²) in [7, 11) is 0. The highest BCUT2D eigenvalue weighted by atomic mass is 79.9. The Morgan fingerprint density at radius 2 is 2.00 bits per heavy atom. The van der Waals surface area contributed by atoms with Crippen molar-refractivity contribution in [3.8, 4) is 0 Å². The van der Waals surface area contributed by atoms with Crippen LogP contribution >= 0.6 is 15.9 Å². The lowest BCUT2D eigenvalue weighted by atomic mass is 10.0. The summed E-state index contributed by atoms with van der Waals surface area (Å²) in [5, 5.41) is 2.81. The summed E-state index contributed by atoms with van der Waals surface area (Å²) in [6.07, 6.45) is 0.0981. The molecule has 5 heteroatoms. The Labute approximate surface area is 98.9 Å².